The predicted molar refractivity (Wildman–Crippen MR) is 36.4 cm³/mol. The zero-order valence-corrected chi connectivity index (χ0v) is 6.19. The third-order valence-corrected chi connectivity index (χ3v) is 0.981. The summed E-state index contributed by atoms with van der Waals surface area (Å²) in [7, 11) is 0. The molecule has 0 fully saturated rings. The van der Waals surface area contributed by atoms with E-state index in [1.807, 2.05) is 0 Å². The van der Waals surface area contributed by atoms with E-state index in [1.165, 1.54) is 13.0 Å². The molecule has 0 amide bonds. The highest BCUT2D eigenvalue weighted by atomic mass is 19.1. The van der Waals surface area contributed by atoms with Crippen LogP contribution < -0.4 is 0 Å². The number of esters is 1. The van der Waals surface area contributed by atoms with Crippen molar-refractivity contribution in [1.82, 2.24) is 0 Å². The molecule has 0 atom stereocenters. The van der Waals surface area contributed by atoms with Gasteiger partial charge in [0.15, 0.2) is 0 Å². The smallest absolute Gasteiger partial charge is 0.333 e. The fraction of sp³-hybridized carbons (Fsp3) is 0.571. The van der Waals surface area contributed by atoms with E-state index in [1.54, 1.807) is 6.92 Å². The van der Waals surface area contributed by atoms with Crippen molar-refractivity contribution in [3.63, 3.8) is 0 Å². The third kappa shape index (κ3) is 3.22. The van der Waals surface area contributed by atoms with Crippen molar-refractivity contribution in [1.29, 1.82) is 0 Å². The Morgan fingerprint density at radius 2 is 2.30 bits per heavy atom. The van der Waals surface area contributed by atoms with Crippen LogP contribution in [0.1, 0.15) is 13.8 Å². The molecule has 0 aliphatic carbocycles. The number of ether oxygens (including phenoxy) is 1. The highest BCUT2D eigenvalue weighted by molar-refractivity contribution is 5.87. The second kappa shape index (κ2) is 4.97. The van der Waals surface area contributed by atoms with Gasteiger partial charge in [0.1, 0.15) is 6.67 Å². The van der Waals surface area contributed by atoms with Crippen molar-refractivity contribution in [2.24, 2.45) is 0 Å². The van der Waals surface area contributed by atoms with Gasteiger partial charge in [0.2, 0.25) is 0 Å². The average molecular weight is 146 g/mol. The van der Waals surface area contributed by atoms with Gasteiger partial charge in [0.05, 0.1) is 6.61 Å². The molecule has 10 heavy (non-hydrogen) atoms. The maximum absolute atomic E-state index is 11.6. The van der Waals surface area contributed by atoms with Crippen molar-refractivity contribution in [2.75, 3.05) is 13.3 Å². The number of alkyl halides is 1. The van der Waals surface area contributed by atoms with Crippen LogP contribution in [0, 0.1) is 0 Å². The molecular formula is C7H11FO2. The summed E-state index contributed by atoms with van der Waals surface area (Å²) in [5, 5.41) is 0. The van der Waals surface area contributed by atoms with Crippen molar-refractivity contribution >= 4 is 5.97 Å². The van der Waals surface area contributed by atoms with Gasteiger partial charge in [0, 0.05) is 5.57 Å². The Balaban J connectivity index is 3.82. The standard InChI is InChI=1S/C7H11FO2/c1-3-10-7(9)6(2)4-5-8/h4H,3,5H2,1-2H3. The Hall–Kier alpha value is -0.860. The number of halogens is 1. The average Bonchev–Trinajstić information content (AvgIpc) is 1.89. The highest BCUT2D eigenvalue weighted by Crippen LogP contribution is 1.95. The molecule has 58 valence electrons. The maximum Gasteiger partial charge on any atom is 0.333 e. The van der Waals surface area contributed by atoms with Gasteiger partial charge >= 0.3 is 5.97 Å². The monoisotopic (exact) mass is 146 g/mol. The van der Waals surface area contributed by atoms with Gasteiger partial charge in [-0.25, -0.2) is 9.18 Å². The molecule has 0 aromatic heterocycles. The van der Waals surface area contributed by atoms with Crippen LogP contribution in [0.2, 0.25) is 0 Å². The molecule has 0 saturated heterocycles. The van der Waals surface area contributed by atoms with Crippen LogP contribution in [0.4, 0.5) is 4.39 Å². The summed E-state index contributed by atoms with van der Waals surface area (Å²) in [6.45, 7) is 2.94. The van der Waals surface area contributed by atoms with Crippen LogP contribution in [-0.2, 0) is 9.53 Å². The number of rotatable bonds is 3. The third-order valence-electron chi connectivity index (χ3n) is 0.981. The summed E-state index contributed by atoms with van der Waals surface area (Å²) in [6, 6.07) is 0. The molecule has 0 aromatic carbocycles. The predicted octanol–water partition coefficient (Wildman–Crippen LogP) is 1.47. The van der Waals surface area contributed by atoms with Gasteiger partial charge in [-0.3, -0.25) is 0 Å². The largest absolute Gasteiger partial charge is 0.463 e. The summed E-state index contributed by atoms with van der Waals surface area (Å²) < 4.78 is 16.1. The molecule has 0 rings (SSSR count). The number of carbonyl (C=O) groups excluding carboxylic acids is 1. The molecule has 0 spiro atoms. The van der Waals surface area contributed by atoms with Gasteiger partial charge in [-0.15, -0.1) is 0 Å². The first-order valence-electron chi connectivity index (χ1n) is 3.12. The van der Waals surface area contributed by atoms with Crippen LogP contribution >= 0.6 is 0 Å². The molecule has 3 heteroatoms. The molecule has 0 saturated carbocycles. The normalized spacial score (nSPS) is 11.3. The van der Waals surface area contributed by atoms with Crippen LogP contribution in [0.25, 0.3) is 0 Å². The fourth-order valence-corrected chi connectivity index (χ4v) is 0.444. The molecule has 0 aliphatic rings. The molecule has 0 bridgehead atoms. The molecular weight excluding hydrogens is 135 g/mol. The maximum atomic E-state index is 11.6. The van der Waals surface area contributed by atoms with E-state index in [4.69, 9.17) is 0 Å². The zero-order chi connectivity index (χ0) is 7.98. The minimum absolute atomic E-state index is 0.323. The highest BCUT2D eigenvalue weighted by Gasteiger charge is 2.01. The van der Waals surface area contributed by atoms with E-state index in [9.17, 15) is 9.18 Å². The molecule has 2 nitrogen and oxygen atoms in total. The first-order valence-corrected chi connectivity index (χ1v) is 3.12. The molecule has 0 aromatic rings. The van der Waals surface area contributed by atoms with Crippen LogP contribution in [0.5, 0.6) is 0 Å². The summed E-state index contributed by atoms with van der Waals surface area (Å²) in [4.78, 5) is 10.7. The van der Waals surface area contributed by atoms with Gasteiger partial charge in [-0.2, -0.15) is 0 Å². The fourth-order valence-electron chi connectivity index (χ4n) is 0.444. The SMILES string of the molecule is CCOC(=O)C(C)=CCF. The van der Waals surface area contributed by atoms with Gasteiger partial charge < -0.3 is 4.74 Å². The number of allylic oxidation sites excluding steroid dienone is 1. The van der Waals surface area contributed by atoms with Gasteiger partial charge in [-0.05, 0) is 19.9 Å². The van der Waals surface area contributed by atoms with E-state index in [0.717, 1.165) is 0 Å². The van der Waals surface area contributed by atoms with Crippen LogP contribution in [-0.4, -0.2) is 19.3 Å². The Morgan fingerprint density at radius 3 is 2.70 bits per heavy atom. The first kappa shape index (κ1) is 9.14. The molecule has 0 aliphatic heterocycles. The Kier molecular flexibility index (Phi) is 4.54. The van der Waals surface area contributed by atoms with Crippen molar-refractivity contribution < 1.29 is 13.9 Å². The summed E-state index contributed by atoms with van der Waals surface area (Å²) in [5.74, 6) is -0.444. The Bertz CT molecular complexity index is 141. The Morgan fingerprint density at radius 1 is 1.70 bits per heavy atom. The summed E-state index contributed by atoms with van der Waals surface area (Å²) in [6.07, 6.45) is 1.19. The molecule has 0 heterocycles. The number of carbonyl (C=O) groups is 1. The molecule has 0 radical (unpaired) electrons. The van der Waals surface area contributed by atoms with Crippen LogP contribution in [0.15, 0.2) is 11.6 Å². The summed E-state index contributed by atoms with van der Waals surface area (Å²) in [5.41, 5.74) is 0.323. The van der Waals surface area contributed by atoms with E-state index in [0.29, 0.717) is 12.2 Å². The second-order valence-electron chi connectivity index (χ2n) is 1.76. The Labute approximate surface area is 59.7 Å². The van der Waals surface area contributed by atoms with Crippen LogP contribution in [0.3, 0.4) is 0 Å². The lowest BCUT2D eigenvalue weighted by Gasteiger charge is -1.98. The number of hydrogen-bond donors (Lipinski definition) is 0. The van der Waals surface area contributed by atoms with Crippen molar-refractivity contribution in [3.05, 3.63) is 11.6 Å². The van der Waals surface area contributed by atoms with E-state index < -0.39 is 12.6 Å². The lowest BCUT2D eigenvalue weighted by molar-refractivity contribution is -0.138. The van der Waals surface area contributed by atoms with E-state index in [2.05, 4.69) is 4.74 Å². The minimum Gasteiger partial charge on any atom is -0.463 e. The lowest BCUT2D eigenvalue weighted by atomic mass is 10.3. The lowest BCUT2D eigenvalue weighted by Crippen LogP contribution is -2.05. The van der Waals surface area contributed by atoms with Crippen molar-refractivity contribution in [2.45, 2.75) is 13.8 Å². The van der Waals surface area contributed by atoms with E-state index >= 15 is 0 Å². The summed E-state index contributed by atoms with van der Waals surface area (Å²) >= 11 is 0. The zero-order valence-electron chi connectivity index (χ0n) is 6.19. The molecule has 0 N–H and O–H groups in total. The molecule has 0 unspecified atom stereocenters. The van der Waals surface area contributed by atoms with Crippen molar-refractivity contribution in [3.8, 4) is 0 Å². The minimum atomic E-state index is -0.620. The number of hydrogen-bond acceptors (Lipinski definition) is 2. The first-order chi connectivity index (χ1) is 4.72. The topological polar surface area (TPSA) is 26.3 Å². The van der Waals surface area contributed by atoms with E-state index in [-0.39, 0.29) is 0 Å². The quantitative estimate of drug-likeness (QED) is 0.445. The van der Waals surface area contributed by atoms with Gasteiger partial charge in [0.25, 0.3) is 0 Å². The van der Waals surface area contributed by atoms with Gasteiger partial charge in [-0.1, -0.05) is 0 Å². The second-order valence-corrected chi connectivity index (χ2v) is 1.76.